The standard InChI is InChI=1S/C17H21ClN4O4/c1-11(19-16(24)22-8-6-17(25,10-23)7-9-22)15-20-14(21-26-15)12-2-4-13(18)5-3-12/h2-5,11,23,25H,6-10H2,1H3,(H,19,24)/t11-/m1/s1. The van der Waals surface area contributed by atoms with Gasteiger partial charge in [0.15, 0.2) is 0 Å². The van der Waals surface area contributed by atoms with E-state index < -0.39 is 11.6 Å². The molecule has 1 fully saturated rings. The maximum atomic E-state index is 12.4. The summed E-state index contributed by atoms with van der Waals surface area (Å²) in [7, 11) is 0. The van der Waals surface area contributed by atoms with E-state index in [1.165, 1.54) is 0 Å². The minimum absolute atomic E-state index is 0.274. The second-order valence-corrected chi connectivity index (χ2v) is 6.94. The number of amides is 2. The second kappa shape index (κ2) is 7.61. The first kappa shape index (κ1) is 18.6. The lowest BCUT2D eigenvalue weighted by molar-refractivity contribution is -0.0528. The van der Waals surface area contributed by atoms with Gasteiger partial charge in [-0.15, -0.1) is 0 Å². The third-order valence-electron chi connectivity index (χ3n) is 4.53. The van der Waals surface area contributed by atoms with Gasteiger partial charge in [-0.1, -0.05) is 16.8 Å². The number of hydrogen-bond donors (Lipinski definition) is 3. The van der Waals surface area contributed by atoms with Crippen LogP contribution in [-0.4, -0.2) is 56.6 Å². The predicted molar refractivity (Wildman–Crippen MR) is 94.5 cm³/mol. The maximum absolute atomic E-state index is 12.4. The molecule has 3 N–H and O–H groups in total. The molecule has 1 atom stereocenters. The highest BCUT2D eigenvalue weighted by Crippen LogP contribution is 2.23. The molecule has 0 spiro atoms. The number of nitrogens with zero attached hydrogens (tertiary/aromatic N) is 3. The Bertz CT molecular complexity index is 756. The highest BCUT2D eigenvalue weighted by atomic mass is 35.5. The Morgan fingerprint density at radius 3 is 2.65 bits per heavy atom. The molecule has 0 radical (unpaired) electrons. The lowest BCUT2D eigenvalue weighted by atomic mass is 9.93. The van der Waals surface area contributed by atoms with E-state index in [-0.39, 0.29) is 12.6 Å². The molecule has 0 aliphatic carbocycles. The van der Waals surface area contributed by atoms with Crippen molar-refractivity contribution in [2.75, 3.05) is 19.7 Å². The molecule has 9 heteroatoms. The first-order valence-corrected chi connectivity index (χ1v) is 8.76. The summed E-state index contributed by atoms with van der Waals surface area (Å²) in [6, 6.07) is 6.31. The van der Waals surface area contributed by atoms with Crippen LogP contribution in [0.3, 0.4) is 0 Å². The highest BCUT2D eigenvalue weighted by Gasteiger charge is 2.33. The van der Waals surface area contributed by atoms with Crippen LogP contribution in [-0.2, 0) is 0 Å². The third-order valence-corrected chi connectivity index (χ3v) is 4.78. The van der Waals surface area contributed by atoms with Crippen LogP contribution in [0.25, 0.3) is 11.4 Å². The zero-order valence-corrected chi connectivity index (χ0v) is 15.1. The number of nitrogens with one attached hydrogen (secondary N) is 1. The summed E-state index contributed by atoms with van der Waals surface area (Å²) in [4.78, 5) is 18.3. The van der Waals surface area contributed by atoms with Crippen LogP contribution in [0.15, 0.2) is 28.8 Å². The summed E-state index contributed by atoms with van der Waals surface area (Å²) < 4.78 is 5.25. The average Bonchev–Trinajstić information content (AvgIpc) is 3.13. The molecular weight excluding hydrogens is 360 g/mol. The molecule has 2 amide bonds. The van der Waals surface area contributed by atoms with E-state index in [0.717, 1.165) is 5.56 Å². The molecule has 3 rings (SSSR count). The van der Waals surface area contributed by atoms with Crippen LogP contribution < -0.4 is 5.32 Å². The number of likely N-dealkylation sites (tertiary alicyclic amines) is 1. The maximum Gasteiger partial charge on any atom is 0.318 e. The van der Waals surface area contributed by atoms with Gasteiger partial charge in [0.05, 0.1) is 12.2 Å². The lowest BCUT2D eigenvalue weighted by Gasteiger charge is -2.37. The summed E-state index contributed by atoms with van der Waals surface area (Å²) in [6.07, 6.45) is 0.680. The lowest BCUT2D eigenvalue weighted by Crippen LogP contribution is -2.51. The van der Waals surface area contributed by atoms with E-state index in [1.54, 1.807) is 36.1 Å². The van der Waals surface area contributed by atoms with E-state index in [0.29, 0.717) is 42.7 Å². The smallest absolute Gasteiger partial charge is 0.318 e. The van der Waals surface area contributed by atoms with Gasteiger partial charge in [-0.25, -0.2) is 4.79 Å². The molecule has 0 bridgehead atoms. The fraction of sp³-hybridized carbons (Fsp3) is 0.471. The normalized spacial score (nSPS) is 17.8. The zero-order chi connectivity index (χ0) is 18.7. The summed E-state index contributed by atoms with van der Waals surface area (Å²) >= 11 is 5.87. The van der Waals surface area contributed by atoms with Crippen LogP contribution >= 0.6 is 11.6 Å². The van der Waals surface area contributed by atoms with Crippen LogP contribution in [0.5, 0.6) is 0 Å². The van der Waals surface area contributed by atoms with Crippen LogP contribution in [0.1, 0.15) is 31.7 Å². The Kier molecular flexibility index (Phi) is 5.45. The SMILES string of the molecule is C[C@@H](NC(=O)N1CCC(O)(CO)CC1)c1nc(-c2ccc(Cl)cc2)no1. The van der Waals surface area contributed by atoms with Gasteiger partial charge in [0.2, 0.25) is 11.7 Å². The minimum atomic E-state index is -1.09. The Morgan fingerprint density at radius 1 is 1.38 bits per heavy atom. The first-order valence-electron chi connectivity index (χ1n) is 8.38. The van der Waals surface area contributed by atoms with Crippen molar-refractivity contribution in [2.24, 2.45) is 0 Å². The second-order valence-electron chi connectivity index (χ2n) is 6.50. The quantitative estimate of drug-likeness (QED) is 0.747. The van der Waals surface area contributed by atoms with Gasteiger partial charge in [-0.2, -0.15) is 4.98 Å². The number of aliphatic hydroxyl groups excluding tert-OH is 1. The number of urea groups is 1. The number of piperidine rings is 1. The Balaban J connectivity index is 1.59. The number of halogens is 1. The number of rotatable bonds is 4. The van der Waals surface area contributed by atoms with E-state index in [1.807, 2.05) is 0 Å². The fourth-order valence-corrected chi connectivity index (χ4v) is 2.88. The van der Waals surface area contributed by atoms with Gasteiger partial charge in [-0.3, -0.25) is 0 Å². The molecule has 26 heavy (non-hydrogen) atoms. The molecule has 1 aromatic carbocycles. The van der Waals surface area contributed by atoms with E-state index in [4.69, 9.17) is 16.1 Å². The minimum Gasteiger partial charge on any atom is -0.393 e. The molecule has 1 aromatic heterocycles. The molecule has 1 aliphatic heterocycles. The number of carbonyl (C=O) groups is 1. The van der Waals surface area contributed by atoms with Crippen molar-refractivity contribution >= 4 is 17.6 Å². The molecule has 2 heterocycles. The summed E-state index contributed by atoms with van der Waals surface area (Å²) in [5.74, 6) is 0.718. The van der Waals surface area contributed by atoms with Crippen molar-refractivity contribution in [1.82, 2.24) is 20.4 Å². The monoisotopic (exact) mass is 380 g/mol. The van der Waals surface area contributed by atoms with Gasteiger partial charge in [-0.05, 0) is 44.0 Å². The summed E-state index contributed by atoms with van der Waals surface area (Å²) in [5, 5.41) is 26.6. The molecule has 1 aliphatic rings. The van der Waals surface area contributed by atoms with Gasteiger partial charge in [0, 0.05) is 23.7 Å². The molecular formula is C17H21ClN4O4. The van der Waals surface area contributed by atoms with Gasteiger partial charge < -0.3 is 25.0 Å². The molecule has 8 nitrogen and oxygen atoms in total. The van der Waals surface area contributed by atoms with Crippen molar-refractivity contribution in [2.45, 2.75) is 31.4 Å². The molecule has 1 saturated heterocycles. The van der Waals surface area contributed by atoms with Gasteiger partial charge >= 0.3 is 6.03 Å². The highest BCUT2D eigenvalue weighted by molar-refractivity contribution is 6.30. The number of carbonyl (C=O) groups excluding carboxylic acids is 1. The molecule has 0 saturated carbocycles. The first-order chi connectivity index (χ1) is 12.4. The van der Waals surface area contributed by atoms with E-state index >= 15 is 0 Å². The number of aliphatic hydroxyl groups is 2. The zero-order valence-electron chi connectivity index (χ0n) is 14.4. The van der Waals surface area contributed by atoms with Gasteiger partial charge in [0.25, 0.3) is 0 Å². The van der Waals surface area contributed by atoms with Crippen molar-refractivity contribution in [3.8, 4) is 11.4 Å². The summed E-state index contributed by atoms with van der Waals surface area (Å²) in [5.41, 5.74) is -0.329. The Labute approximate surface area is 155 Å². The topological polar surface area (TPSA) is 112 Å². The van der Waals surface area contributed by atoms with E-state index in [2.05, 4.69) is 15.5 Å². The fourth-order valence-electron chi connectivity index (χ4n) is 2.75. The van der Waals surface area contributed by atoms with Crippen molar-refractivity contribution in [3.63, 3.8) is 0 Å². The number of aromatic nitrogens is 2. The third kappa shape index (κ3) is 4.14. The number of hydrogen-bond acceptors (Lipinski definition) is 6. The summed E-state index contributed by atoms with van der Waals surface area (Å²) in [6.45, 7) is 2.20. The van der Waals surface area contributed by atoms with Crippen LogP contribution in [0.2, 0.25) is 5.02 Å². The molecule has 140 valence electrons. The largest absolute Gasteiger partial charge is 0.393 e. The molecule has 0 unspecified atom stereocenters. The van der Waals surface area contributed by atoms with Crippen LogP contribution in [0.4, 0.5) is 4.79 Å². The van der Waals surface area contributed by atoms with Crippen molar-refractivity contribution in [1.29, 1.82) is 0 Å². The van der Waals surface area contributed by atoms with Crippen molar-refractivity contribution in [3.05, 3.63) is 35.2 Å². The van der Waals surface area contributed by atoms with Crippen LogP contribution in [0, 0.1) is 0 Å². The average molecular weight is 381 g/mol. The van der Waals surface area contributed by atoms with Gasteiger partial charge in [0.1, 0.15) is 6.04 Å². The number of benzene rings is 1. The predicted octanol–water partition coefficient (Wildman–Crippen LogP) is 1.98. The Hall–Kier alpha value is -2.16. The van der Waals surface area contributed by atoms with E-state index in [9.17, 15) is 15.0 Å². The van der Waals surface area contributed by atoms with Crippen molar-refractivity contribution < 1.29 is 19.5 Å². The Morgan fingerprint density at radius 2 is 2.04 bits per heavy atom. The molecule has 2 aromatic rings.